The summed E-state index contributed by atoms with van der Waals surface area (Å²) in [5, 5.41) is 12.3. The van der Waals surface area contributed by atoms with Gasteiger partial charge in [-0.15, -0.1) is 0 Å². The molecule has 0 aliphatic heterocycles. The van der Waals surface area contributed by atoms with Crippen molar-refractivity contribution in [1.82, 2.24) is 20.1 Å². The van der Waals surface area contributed by atoms with Crippen LogP contribution in [0.15, 0.2) is 66.9 Å². The van der Waals surface area contributed by atoms with E-state index < -0.39 is 17.8 Å². The van der Waals surface area contributed by atoms with Crippen molar-refractivity contribution < 1.29 is 28.2 Å². The number of benzene rings is 2. The van der Waals surface area contributed by atoms with Crippen molar-refractivity contribution in [3.05, 3.63) is 89.6 Å². The first-order chi connectivity index (χ1) is 19.5. The molecule has 2 aromatic carbocycles. The number of urea groups is 1. The van der Waals surface area contributed by atoms with Crippen LogP contribution in [0.3, 0.4) is 0 Å². The van der Waals surface area contributed by atoms with E-state index in [1.165, 1.54) is 49.3 Å². The molecule has 0 fully saturated rings. The molecule has 0 unspecified atom stereocenters. The van der Waals surface area contributed by atoms with Crippen molar-refractivity contribution >= 4 is 29.4 Å². The number of esters is 1. The largest absolute Gasteiger partial charge is 0.465 e. The molecule has 4 rings (SSSR count). The average molecular weight is 561 g/mol. The number of ether oxygens (including phenoxy) is 2. The van der Waals surface area contributed by atoms with Crippen molar-refractivity contribution in [3.63, 3.8) is 0 Å². The number of aromatic nitrogens is 3. The third-order valence-corrected chi connectivity index (χ3v) is 5.85. The minimum absolute atomic E-state index is 0.0922. The lowest BCUT2D eigenvalue weighted by molar-refractivity contribution is 0.0600. The van der Waals surface area contributed by atoms with E-state index in [0.717, 1.165) is 6.07 Å². The summed E-state index contributed by atoms with van der Waals surface area (Å²) in [5.41, 5.74) is 1.21. The Morgan fingerprint density at radius 2 is 1.71 bits per heavy atom. The summed E-state index contributed by atoms with van der Waals surface area (Å²) in [7, 11) is 2.77. The fourth-order valence-electron chi connectivity index (χ4n) is 3.71. The highest BCUT2D eigenvalue weighted by molar-refractivity contribution is 5.99. The molecule has 0 aliphatic rings. The number of pyridine rings is 1. The van der Waals surface area contributed by atoms with E-state index in [0.29, 0.717) is 22.8 Å². The van der Waals surface area contributed by atoms with Crippen molar-refractivity contribution in [2.75, 3.05) is 24.8 Å². The molecule has 0 aliphatic carbocycles. The number of rotatable bonds is 7. The Labute approximate surface area is 235 Å². The summed E-state index contributed by atoms with van der Waals surface area (Å²) in [6.45, 7) is 5.91. The molecular weight excluding hydrogens is 531 g/mol. The SMILES string of the molecule is CNC(=O)c1cc(Oc2ccc(NC(=O)Nc3cc(C(C)(C)C)nn3-c3cccc(C(=O)OC)c3)c(F)c2)ccn1. The highest BCUT2D eigenvalue weighted by atomic mass is 19.1. The molecule has 0 saturated heterocycles. The summed E-state index contributed by atoms with van der Waals surface area (Å²) in [6.07, 6.45) is 1.40. The number of carbonyl (C=O) groups is 3. The lowest BCUT2D eigenvalue weighted by Gasteiger charge is -2.14. The van der Waals surface area contributed by atoms with E-state index in [4.69, 9.17) is 9.47 Å². The van der Waals surface area contributed by atoms with Gasteiger partial charge < -0.3 is 20.1 Å². The van der Waals surface area contributed by atoms with Gasteiger partial charge in [0.15, 0.2) is 0 Å². The van der Waals surface area contributed by atoms with Gasteiger partial charge in [-0.3, -0.25) is 15.1 Å². The van der Waals surface area contributed by atoms with Crippen LogP contribution in [0.1, 0.15) is 47.3 Å². The normalized spacial score (nSPS) is 11.0. The van der Waals surface area contributed by atoms with Crippen molar-refractivity contribution in [2.45, 2.75) is 26.2 Å². The molecule has 0 bridgehead atoms. The molecule has 11 nitrogen and oxygen atoms in total. The van der Waals surface area contributed by atoms with Crippen LogP contribution in [-0.4, -0.2) is 46.8 Å². The number of hydrogen-bond acceptors (Lipinski definition) is 7. The minimum Gasteiger partial charge on any atom is -0.465 e. The van der Waals surface area contributed by atoms with Crippen LogP contribution < -0.4 is 20.7 Å². The van der Waals surface area contributed by atoms with Crippen molar-refractivity contribution in [1.29, 1.82) is 0 Å². The molecule has 0 spiro atoms. The first-order valence-corrected chi connectivity index (χ1v) is 12.5. The Morgan fingerprint density at radius 1 is 0.951 bits per heavy atom. The van der Waals surface area contributed by atoms with Gasteiger partial charge in [0.1, 0.15) is 28.8 Å². The van der Waals surface area contributed by atoms with Gasteiger partial charge in [0.2, 0.25) is 0 Å². The lowest BCUT2D eigenvalue weighted by atomic mass is 9.92. The van der Waals surface area contributed by atoms with Crippen LogP contribution in [0, 0.1) is 5.82 Å². The molecule has 4 aromatic rings. The summed E-state index contributed by atoms with van der Waals surface area (Å²) >= 11 is 0. The van der Waals surface area contributed by atoms with Gasteiger partial charge in [-0.1, -0.05) is 26.8 Å². The highest BCUT2D eigenvalue weighted by Gasteiger charge is 2.22. The molecule has 3 N–H and O–H groups in total. The smallest absolute Gasteiger partial charge is 0.337 e. The summed E-state index contributed by atoms with van der Waals surface area (Å²) in [4.78, 5) is 40.7. The summed E-state index contributed by atoms with van der Waals surface area (Å²) in [5.74, 6) is -0.899. The second-order valence-corrected chi connectivity index (χ2v) is 9.90. The van der Waals surface area contributed by atoms with Crippen LogP contribution in [-0.2, 0) is 10.2 Å². The zero-order chi connectivity index (χ0) is 29.7. The van der Waals surface area contributed by atoms with Crippen LogP contribution in [0.5, 0.6) is 11.5 Å². The van der Waals surface area contributed by atoms with Crippen LogP contribution >= 0.6 is 0 Å². The summed E-state index contributed by atoms with van der Waals surface area (Å²) < 4.78 is 26.9. The van der Waals surface area contributed by atoms with Crippen LogP contribution in [0.25, 0.3) is 5.69 Å². The number of nitrogens with zero attached hydrogens (tertiary/aromatic N) is 3. The average Bonchev–Trinajstić information content (AvgIpc) is 3.38. The lowest BCUT2D eigenvalue weighted by Crippen LogP contribution is -2.22. The highest BCUT2D eigenvalue weighted by Crippen LogP contribution is 2.28. The number of hydrogen-bond donors (Lipinski definition) is 3. The fourth-order valence-corrected chi connectivity index (χ4v) is 3.71. The molecular formula is C29H29FN6O5. The molecule has 3 amide bonds. The van der Waals surface area contributed by atoms with E-state index in [9.17, 15) is 18.8 Å². The van der Waals surface area contributed by atoms with E-state index in [2.05, 4.69) is 26.0 Å². The van der Waals surface area contributed by atoms with Crippen LogP contribution in [0.4, 0.5) is 20.7 Å². The Hall–Kier alpha value is -5.26. The molecule has 212 valence electrons. The molecule has 41 heavy (non-hydrogen) atoms. The van der Waals surface area contributed by atoms with Gasteiger partial charge in [0.05, 0.1) is 29.7 Å². The van der Waals surface area contributed by atoms with Gasteiger partial charge in [-0.25, -0.2) is 18.7 Å². The number of methoxy groups -OCH3 is 1. The molecule has 12 heteroatoms. The Kier molecular flexibility index (Phi) is 8.32. The number of amides is 3. The van der Waals surface area contributed by atoms with Gasteiger partial charge in [-0.2, -0.15) is 5.10 Å². The Balaban J connectivity index is 1.53. The number of nitrogens with one attached hydrogen (secondary N) is 3. The first-order valence-electron chi connectivity index (χ1n) is 12.5. The van der Waals surface area contributed by atoms with Crippen molar-refractivity contribution in [3.8, 4) is 17.2 Å². The topological polar surface area (TPSA) is 136 Å². The third kappa shape index (κ3) is 6.85. The van der Waals surface area contributed by atoms with E-state index in [1.807, 2.05) is 20.8 Å². The summed E-state index contributed by atoms with van der Waals surface area (Å²) in [6, 6.07) is 14.5. The first kappa shape index (κ1) is 28.7. The number of carbonyl (C=O) groups excluding carboxylic acids is 3. The zero-order valence-corrected chi connectivity index (χ0v) is 23.1. The second kappa shape index (κ2) is 11.9. The standard InChI is InChI=1S/C29H29FN6O5/c1-29(2,3)24-16-25(36(35-24)18-8-6-7-17(13-18)27(38)40-5)34-28(39)33-22-10-9-19(14-21(22)30)41-20-11-12-32-23(15-20)26(37)31-4/h6-16H,1-5H3,(H,31,37)(H2,33,34,39). The van der Waals surface area contributed by atoms with Gasteiger partial charge >= 0.3 is 12.0 Å². The maximum atomic E-state index is 14.9. The van der Waals surface area contributed by atoms with Gasteiger partial charge in [0.25, 0.3) is 5.91 Å². The molecule has 0 radical (unpaired) electrons. The molecule has 2 heterocycles. The predicted molar refractivity (Wildman–Crippen MR) is 150 cm³/mol. The predicted octanol–water partition coefficient (Wildman–Crippen LogP) is 5.29. The fraction of sp³-hybridized carbons (Fsp3) is 0.207. The minimum atomic E-state index is -0.743. The number of anilines is 2. The Morgan fingerprint density at radius 3 is 2.39 bits per heavy atom. The van der Waals surface area contributed by atoms with E-state index in [1.54, 1.807) is 30.3 Å². The maximum absolute atomic E-state index is 14.9. The van der Waals surface area contributed by atoms with Gasteiger partial charge in [0, 0.05) is 36.9 Å². The number of halogens is 1. The zero-order valence-electron chi connectivity index (χ0n) is 23.1. The van der Waals surface area contributed by atoms with E-state index in [-0.39, 0.29) is 34.2 Å². The maximum Gasteiger partial charge on any atom is 0.337 e. The molecule has 0 saturated carbocycles. The second-order valence-electron chi connectivity index (χ2n) is 9.90. The van der Waals surface area contributed by atoms with E-state index >= 15 is 0 Å². The Bertz CT molecular complexity index is 1610. The third-order valence-electron chi connectivity index (χ3n) is 5.85. The van der Waals surface area contributed by atoms with Crippen LogP contribution in [0.2, 0.25) is 0 Å². The monoisotopic (exact) mass is 560 g/mol. The van der Waals surface area contributed by atoms with Gasteiger partial charge in [-0.05, 0) is 36.4 Å². The quantitative estimate of drug-likeness (QED) is 0.261. The van der Waals surface area contributed by atoms with Crippen molar-refractivity contribution in [2.24, 2.45) is 0 Å². The molecule has 2 aromatic heterocycles. The molecule has 0 atom stereocenters.